The molecule has 140 valence electrons. The molecule has 2 aliphatic rings. The van der Waals surface area contributed by atoms with Gasteiger partial charge in [0.25, 0.3) is 0 Å². The summed E-state index contributed by atoms with van der Waals surface area (Å²) in [4.78, 5) is 12.8. The molecule has 0 saturated carbocycles. The van der Waals surface area contributed by atoms with Crippen molar-refractivity contribution >= 4 is 11.4 Å². The largest absolute Gasteiger partial charge is 0.497 e. The van der Waals surface area contributed by atoms with Gasteiger partial charge in [-0.25, -0.2) is 5.06 Å². The molecule has 3 aromatic rings. The Kier molecular flexibility index (Phi) is 4.13. The van der Waals surface area contributed by atoms with E-state index in [2.05, 4.69) is 52.5 Å². The first-order valence-corrected chi connectivity index (χ1v) is 9.38. The first-order chi connectivity index (χ1) is 13.8. The first kappa shape index (κ1) is 16.7. The summed E-state index contributed by atoms with van der Waals surface area (Å²) in [6, 6.07) is 22.6. The second-order valence-electron chi connectivity index (χ2n) is 6.97. The van der Waals surface area contributed by atoms with Gasteiger partial charge in [-0.3, -0.25) is 4.98 Å². The highest BCUT2D eigenvalue weighted by atomic mass is 16.7. The van der Waals surface area contributed by atoms with Crippen LogP contribution in [0.4, 0.5) is 11.4 Å². The fourth-order valence-corrected chi connectivity index (χ4v) is 3.95. The lowest BCUT2D eigenvalue weighted by molar-refractivity contribution is 0.213. The summed E-state index contributed by atoms with van der Waals surface area (Å²) < 4.78 is 5.27. The number of benzene rings is 2. The van der Waals surface area contributed by atoms with Gasteiger partial charge in [-0.2, -0.15) is 0 Å². The van der Waals surface area contributed by atoms with Crippen LogP contribution in [0.15, 0.2) is 91.1 Å². The van der Waals surface area contributed by atoms with Gasteiger partial charge >= 0.3 is 0 Å². The molecule has 2 unspecified atom stereocenters. The summed E-state index contributed by atoms with van der Waals surface area (Å²) in [6.45, 7) is 0.859. The monoisotopic (exact) mass is 371 g/mol. The molecule has 1 saturated heterocycles. The van der Waals surface area contributed by atoms with Crippen molar-refractivity contribution in [2.75, 3.05) is 23.6 Å². The number of fused-ring (bicyclic) bond motifs is 1. The maximum Gasteiger partial charge on any atom is 0.155 e. The molecular formula is C23H21N3O2. The maximum absolute atomic E-state index is 6.34. The minimum absolute atomic E-state index is 0.0971. The van der Waals surface area contributed by atoms with Gasteiger partial charge in [-0.05, 0) is 54.1 Å². The van der Waals surface area contributed by atoms with Crippen LogP contribution in [0.25, 0.3) is 0 Å². The SMILES string of the molecule is COc1ccc(N2C=C3ON(c4ccccc4)C(c4ccncc4)C3C2)cc1. The van der Waals surface area contributed by atoms with Gasteiger partial charge in [0.1, 0.15) is 11.8 Å². The molecule has 5 nitrogen and oxygen atoms in total. The van der Waals surface area contributed by atoms with E-state index in [0.717, 1.165) is 29.4 Å². The number of pyridine rings is 1. The number of rotatable bonds is 4. The van der Waals surface area contributed by atoms with Gasteiger partial charge in [0, 0.05) is 30.8 Å². The highest BCUT2D eigenvalue weighted by Gasteiger charge is 2.46. The molecule has 0 radical (unpaired) electrons. The summed E-state index contributed by atoms with van der Waals surface area (Å²) >= 11 is 0. The lowest BCUT2D eigenvalue weighted by atomic mass is 9.94. The van der Waals surface area contributed by atoms with E-state index in [-0.39, 0.29) is 12.0 Å². The average molecular weight is 371 g/mol. The molecule has 0 N–H and O–H groups in total. The number of hydrogen-bond donors (Lipinski definition) is 0. The molecule has 5 heteroatoms. The minimum Gasteiger partial charge on any atom is -0.497 e. The number of methoxy groups -OCH3 is 1. The Bertz CT molecular complexity index is 974. The van der Waals surface area contributed by atoms with Gasteiger partial charge in [0.2, 0.25) is 0 Å². The third kappa shape index (κ3) is 2.85. The van der Waals surface area contributed by atoms with Crippen LogP contribution in [0.3, 0.4) is 0 Å². The number of nitrogens with zero attached hydrogens (tertiary/aromatic N) is 3. The summed E-state index contributed by atoms with van der Waals surface area (Å²) in [6.07, 6.45) is 5.80. The van der Waals surface area contributed by atoms with Crippen LogP contribution in [-0.2, 0) is 4.84 Å². The van der Waals surface area contributed by atoms with Gasteiger partial charge in [-0.1, -0.05) is 18.2 Å². The third-order valence-electron chi connectivity index (χ3n) is 5.34. The van der Waals surface area contributed by atoms with E-state index in [0.29, 0.717) is 0 Å². The summed E-state index contributed by atoms with van der Waals surface area (Å²) in [5.41, 5.74) is 3.38. The van der Waals surface area contributed by atoms with Gasteiger partial charge < -0.3 is 14.5 Å². The Balaban J connectivity index is 1.49. The van der Waals surface area contributed by atoms with Crippen molar-refractivity contribution in [1.82, 2.24) is 4.98 Å². The predicted octanol–water partition coefficient (Wildman–Crippen LogP) is 4.56. The quantitative estimate of drug-likeness (QED) is 0.672. The zero-order valence-corrected chi connectivity index (χ0v) is 15.6. The number of anilines is 2. The Labute approximate surface area is 164 Å². The second-order valence-corrected chi connectivity index (χ2v) is 6.97. The van der Waals surface area contributed by atoms with E-state index in [1.165, 1.54) is 5.56 Å². The van der Waals surface area contributed by atoms with Crippen molar-refractivity contribution in [3.05, 3.63) is 96.6 Å². The fraction of sp³-hybridized carbons (Fsp3) is 0.174. The molecule has 0 amide bonds. The fourth-order valence-electron chi connectivity index (χ4n) is 3.95. The number of hydroxylamine groups is 1. The third-order valence-corrected chi connectivity index (χ3v) is 5.34. The number of para-hydroxylation sites is 1. The standard InChI is InChI=1S/C23H21N3O2/c1-27-20-9-7-18(8-10-20)25-15-21-22(16-25)28-26(19-5-3-2-4-6-19)23(21)17-11-13-24-14-12-17/h2-14,16,21,23H,15H2,1H3. The molecule has 28 heavy (non-hydrogen) atoms. The van der Waals surface area contributed by atoms with Crippen LogP contribution in [0.2, 0.25) is 0 Å². The summed E-state index contributed by atoms with van der Waals surface area (Å²) in [5.74, 6) is 2.09. The lowest BCUT2D eigenvalue weighted by Crippen LogP contribution is -2.29. The van der Waals surface area contributed by atoms with E-state index >= 15 is 0 Å². The van der Waals surface area contributed by atoms with Gasteiger partial charge in [-0.15, -0.1) is 0 Å². The normalized spacial score (nSPS) is 20.5. The predicted molar refractivity (Wildman–Crippen MR) is 109 cm³/mol. The van der Waals surface area contributed by atoms with Crippen molar-refractivity contribution in [2.45, 2.75) is 6.04 Å². The zero-order valence-electron chi connectivity index (χ0n) is 15.6. The van der Waals surface area contributed by atoms with E-state index in [9.17, 15) is 0 Å². The Morgan fingerprint density at radius 2 is 1.68 bits per heavy atom. The van der Waals surface area contributed by atoms with Crippen LogP contribution >= 0.6 is 0 Å². The van der Waals surface area contributed by atoms with Crippen LogP contribution < -0.4 is 14.7 Å². The van der Waals surface area contributed by atoms with E-state index in [4.69, 9.17) is 9.57 Å². The van der Waals surface area contributed by atoms with E-state index in [1.54, 1.807) is 7.11 Å². The molecular weight excluding hydrogens is 350 g/mol. The van der Waals surface area contributed by atoms with Crippen LogP contribution in [0.1, 0.15) is 11.6 Å². The van der Waals surface area contributed by atoms with E-state index < -0.39 is 0 Å². The lowest BCUT2D eigenvalue weighted by Gasteiger charge is -2.28. The summed E-state index contributed by atoms with van der Waals surface area (Å²) in [5, 5.41) is 2.02. The van der Waals surface area contributed by atoms with Crippen molar-refractivity contribution in [1.29, 1.82) is 0 Å². The highest BCUT2D eigenvalue weighted by molar-refractivity contribution is 5.56. The van der Waals surface area contributed by atoms with Crippen LogP contribution in [0.5, 0.6) is 5.75 Å². The first-order valence-electron chi connectivity index (χ1n) is 9.38. The van der Waals surface area contributed by atoms with Crippen molar-refractivity contribution in [2.24, 2.45) is 5.92 Å². The average Bonchev–Trinajstić information content (AvgIpc) is 3.33. The Morgan fingerprint density at radius 3 is 2.39 bits per heavy atom. The molecule has 5 rings (SSSR count). The molecule has 2 aromatic carbocycles. The van der Waals surface area contributed by atoms with Crippen molar-refractivity contribution in [3.63, 3.8) is 0 Å². The number of hydrogen-bond acceptors (Lipinski definition) is 5. The maximum atomic E-state index is 6.34. The van der Waals surface area contributed by atoms with Crippen molar-refractivity contribution < 1.29 is 9.57 Å². The molecule has 2 aliphatic heterocycles. The smallest absolute Gasteiger partial charge is 0.155 e. The topological polar surface area (TPSA) is 37.8 Å². The molecule has 1 aromatic heterocycles. The Morgan fingerprint density at radius 1 is 0.929 bits per heavy atom. The minimum atomic E-state index is 0.0971. The zero-order chi connectivity index (χ0) is 18.9. The second kappa shape index (κ2) is 6.93. The molecule has 0 spiro atoms. The summed E-state index contributed by atoms with van der Waals surface area (Å²) in [7, 11) is 1.68. The van der Waals surface area contributed by atoms with Gasteiger partial charge in [0.15, 0.2) is 5.76 Å². The van der Waals surface area contributed by atoms with Gasteiger partial charge in [0.05, 0.1) is 18.7 Å². The molecule has 2 atom stereocenters. The number of ether oxygens (including phenoxy) is 1. The van der Waals surface area contributed by atoms with Crippen molar-refractivity contribution in [3.8, 4) is 5.75 Å². The van der Waals surface area contributed by atoms with Crippen LogP contribution in [0, 0.1) is 5.92 Å². The van der Waals surface area contributed by atoms with E-state index in [1.807, 2.05) is 47.8 Å². The molecule has 3 heterocycles. The molecule has 0 aliphatic carbocycles. The molecule has 1 fully saturated rings. The highest BCUT2D eigenvalue weighted by Crippen LogP contribution is 2.47. The Hall–Kier alpha value is -3.47. The van der Waals surface area contributed by atoms with Crippen LogP contribution in [-0.4, -0.2) is 18.6 Å². The number of aromatic nitrogens is 1. The molecule has 0 bridgehead atoms.